The zero-order valence-electron chi connectivity index (χ0n) is 17.1. The second-order valence-corrected chi connectivity index (χ2v) is 7.59. The van der Waals surface area contributed by atoms with Crippen LogP contribution < -0.4 is 9.47 Å². The number of hydrogen-bond donors (Lipinski definition) is 1. The Morgan fingerprint density at radius 1 is 1.12 bits per heavy atom. The lowest BCUT2D eigenvalue weighted by Gasteiger charge is -2.26. The Morgan fingerprint density at radius 3 is 2.88 bits per heavy atom. The first-order valence-electron chi connectivity index (χ1n) is 10.1. The van der Waals surface area contributed by atoms with Gasteiger partial charge in [0.05, 0.1) is 17.7 Å². The number of furan rings is 1. The van der Waals surface area contributed by atoms with Crippen LogP contribution in [-0.2, 0) is 6.61 Å². The molecule has 2 aromatic carbocycles. The Bertz CT molecular complexity index is 1440. The zero-order chi connectivity index (χ0) is 21.7. The van der Waals surface area contributed by atoms with Crippen LogP contribution in [0.25, 0.3) is 5.65 Å². The monoisotopic (exact) mass is 426 g/mol. The van der Waals surface area contributed by atoms with Crippen molar-refractivity contribution in [2.45, 2.75) is 19.4 Å². The van der Waals surface area contributed by atoms with Crippen molar-refractivity contribution in [3.8, 4) is 23.1 Å². The minimum Gasteiger partial charge on any atom is -0.508 e. The average molecular weight is 426 g/mol. The molecule has 1 aliphatic heterocycles. The molecule has 0 bridgehead atoms. The van der Waals surface area contributed by atoms with Crippen LogP contribution in [-0.4, -0.2) is 24.7 Å². The molecule has 0 amide bonds. The maximum Gasteiger partial charge on any atom is 0.228 e. The van der Waals surface area contributed by atoms with Crippen LogP contribution in [0.1, 0.15) is 34.2 Å². The van der Waals surface area contributed by atoms with Crippen LogP contribution in [0.4, 0.5) is 0 Å². The molecule has 0 unspecified atom stereocenters. The predicted molar refractivity (Wildman–Crippen MR) is 114 cm³/mol. The summed E-state index contributed by atoms with van der Waals surface area (Å²) in [7, 11) is 0. The lowest BCUT2D eigenvalue weighted by molar-refractivity contribution is 0.294. The summed E-state index contributed by atoms with van der Waals surface area (Å²) >= 11 is 0. The van der Waals surface area contributed by atoms with Crippen LogP contribution in [0.3, 0.4) is 0 Å². The molecule has 0 saturated carbocycles. The van der Waals surface area contributed by atoms with Crippen LogP contribution in [0.15, 0.2) is 71.6 Å². The SMILES string of the molecule is Cc1ccccc1OCc1nc2c3c(ncn2n1)Oc1cc(O)ccc1[C@H]3c1ccco1. The summed E-state index contributed by atoms with van der Waals surface area (Å²) in [5.41, 5.74) is 3.25. The number of rotatable bonds is 4. The first-order valence-corrected chi connectivity index (χ1v) is 10.1. The van der Waals surface area contributed by atoms with E-state index in [1.807, 2.05) is 49.4 Å². The third-order valence-corrected chi connectivity index (χ3v) is 5.51. The number of aryl methyl sites for hydroxylation is 1. The van der Waals surface area contributed by atoms with Crippen molar-refractivity contribution < 1.29 is 19.0 Å². The number of aromatic nitrogens is 4. The highest BCUT2D eigenvalue weighted by molar-refractivity contribution is 5.65. The van der Waals surface area contributed by atoms with Gasteiger partial charge in [0.25, 0.3) is 0 Å². The third-order valence-electron chi connectivity index (χ3n) is 5.51. The van der Waals surface area contributed by atoms with E-state index in [2.05, 4.69) is 10.1 Å². The number of phenols is 1. The Balaban J connectivity index is 1.45. The number of nitrogens with zero attached hydrogens (tertiary/aromatic N) is 4. The van der Waals surface area contributed by atoms with E-state index in [-0.39, 0.29) is 18.3 Å². The van der Waals surface area contributed by atoms with Crippen molar-refractivity contribution in [3.05, 3.63) is 95.5 Å². The van der Waals surface area contributed by atoms with Crippen molar-refractivity contribution in [1.82, 2.24) is 19.6 Å². The van der Waals surface area contributed by atoms with Crippen molar-refractivity contribution >= 4 is 5.65 Å². The molecule has 32 heavy (non-hydrogen) atoms. The molecule has 0 spiro atoms. The summed E-state index contributed by atoms with van der Waals surface area (Å²) in [6, 6.07) is 16.6. The van der Waals surface area contributed by atoms with Gasteiger partial charge in [0, 0.05) is 11.6 Å². The normalized spacial score (nSPS) is 14.6. The Morgan fingerprint density at radius 2 is 2.03 bits per heavy atom. The molecule has 0 radical (unpaired) electrons. The van der Waals surface area contributed by atoms with Crippen LogP contribution in [0.5, 0.6) is 23.1 Å². The highest BCUT2D eigenvalue weighted by atomic mass is 16.5. The van der Waals surface area contributed by atoms with Gasteiger partial charge in [0.15, 0.2) is 11.5 Å². The van der Waals surface area contributed by atoms with E-state index in [1.165, 1.54) is 0 Å². The van der Waals surface area contributed by atoms with E-state index in [4.69, 9.17) is 18.9 Å². The summed E-state index contributed by atoms with van der Waals surface area (Å²) in [5, 5.41) is 14.5. The first-order chi connectivity index (χ1) is 15.7. The minimum absolute atomic E-state index is 0.115. The molecule has 6 rings (SSSR count). The van der Waals surface area contributed by atoms with Gasteiger partial charge in [-0.3, -0.25) is 0 Å². The number of para-hydroxylation sites is 1. The van der Waals surface area contributed by atoms with E-state index in [1.54, 1.807) is 29.2 Å². The van der Waals surface area contributed by atoms with E-state index in [0.717, 1.165) is 28.2 Å². The summed E-state index contributed by atoms with van der Waals surface area (Å²) in [6.45, 7) is 2.21. The van der Waals surface area contributed by atoms with Crippen molar-refractivity contribution in [3.63, 3.8) is 0 Å². The van der Waals surface area contributed by atoms with Gasteiger partial charge in [-0.15, -0.1) is 5.10 Å². The highest BCUT2D eigenvalue weighted by Gasteiger charge is 2.35. The Kier molecular flexibility index (Phi) is 4.10. The summed E-state index contributed by atoms with van der Waals surface area (Å²) in [6.07, 6.45) is 3.19. The zero-order valence-corrected chi connectivity index (χ0v) is 17.1. The van der Waals surface area contributed by atoms with Crippen LogP contribution >= 0.6 is 0 Å². The maximum absolute atomic E-state index is 9.94. The van der Waals surface area contributed by atoms with E-state index in [0.29, 0.717) is 23.1 Å². The summed E-state index contributed by atoms with van der Waals surface area (Å²) < 4.78 is 19.3. The van der Waals surface area contributed by atoms with Crippen molar-refractivity contribution in [1.29, 1.82) is 0 Å². The number of aromatic hydroxyl groups is 1. The molecule has 3 aromatic heterocycles. The Hall–Kier alpha value is -4.33. The number of ether oxygens (including phenoxy) is 2. The summed E-state index contributed by atoms with van der Waals surface area (Å²) in [5.74, 6) is 2.76. The lowest BCUT2D eigenvalue weighted by Crippen LogP contribution is -2.14. The van der Waals surface area contributed by atoms with Gasteiger partial charge in [-0.1, -0.05) is 24.3 Å². The van der Waals surface area contributed by atoms with Crippen molar-refractivity contribution in [2.24, 2.45) is 0 Å². The fourth-order valence-electron chi connectivity index (χ4n) is 4.02. The number of phenolic OH excluding ortho intramolecular Hbond substituents is 1. The molecule has 158 valence electrons. The van der Waals surface area contributed by atoms with Gasteiger partial charge in [-0.25, -0.2) is 14.5 Å². The molecule has 5 aromatic rings. The summed E-state index contributed by atoms with van der Waals surface area (Å²) in [4.78, 5) is 9.19. The third kappa shape index (κ3) is 2.96. The fraction of sp³-hybridized carbons (Fsp3) is 0.125. The molecule has 1 N–H and O–H groups in total. The number of benzene rings is 2. The fourth-order valence-corrected chi connectivity index (χ4v) is 4.02. The largest absolute Gasteiger partial charge is 0.508 e. The van der Waals surface area contributed by atoms with E-state index >= 15 is 0 Å². The maximum atomic E-state index is 9.94. The molecule has 0 fully saturated rings. The minimum atomic E-state index is -0.310. The molecular weight excluding hydrogens is 408 g/mol. The standard InChI is InChI=1S/C24H18N4O4/c1-14-5-2-3-6-17(14)31-12-20-26-23-22-21(18-7-4-10-30-18)16-9-8-15(29)11-19(16)32-24(22)25-13-28(23)27-20/h2-11,13,21,29H,12H2,1H3/t21-/m0/s1. The molecule has 0 aliphatic carbocycles. The van der Waals surface area contributed by atoms with Gasteiger partial charge in [0.2, 0.25) is 5.88 Å². The molecule has 8 heteroatoms. The number of hydrogen-bond acceptors (Lipinski definition) is 7. The van der Waals surface area contributed by atoms with Crippen LogP contribution in [0, 0.1) is 6.92 Å². The second-order valence-electron chi connectivity index (χ2n) is 7.59. The molecule has 1 atom stereocenters. The second kappa shape index (κ2) is 7.12. The van der Waals surface area contributed by atoms with E-state index in [9.17, 15) is 5.11 Å². The van der Waals surface area contributed by atoms with Gasteiger partial charge in [-0.05, 0) is 36.8 Å². The molecule has 0 saturated heterocycles. The predicted octanol–water partition coefficient (Wildman–Crippen LogP) is 4.60. The Labute approximate surface area is 182 Å². The first kappa shape index (κ1) is 18.4. The molecule has 4 heterocycles. The highest BCUT2D eigenvalue weighted by Crippen LogP contribution is 2.48. The molecule has 1 aliphatic rings. The van der Waals surface area contributed by atoms with Gasteiger partial charge >= 0.3 is 0 Å². The van der Waals surface area contributed by atoms with Gasteiger partial charge in [0.1, 0.15) is 35.9 Å². The van der Waals surface area contributed by atoms with E-state index < -0.39 is 0 Å². The van der Waals surface area contributed by atoms with Crippen LogP contribution in [0.2, 0.25) is 0 Å². The quantitative estimate of drug-likeness (QED) is 0.440. The lowest BCUT2D eigenvalue weighted by atomic mass is 9.87. The number of fused-ring (bicyclic) bond motifs is 4. The average Bonchev–Trinajstić information content (AvgIpc) is 3.46. The van der Waals surface area contributed by atoms with Gasteiger partial charge in [-0.2, -0.15) is 0 Å². The molecule has 8 nitrogen and oxygen atoms in total. The molecular formula is C24H18N4O4. The van der Waals surface area contributed by atoms with Crippen molar-refractivity contribution in [2.75, 3.05) is 0 Å². The van der Waals surface area contributed by atoms with Gasteiger partial charge < -0.3 is 19.0 Å². The smallest absolute Gasteiger partial charge is 0.228 e. The topological polar surface area (TPSA) is 94.9 Å².